The van der Waals surface area contributed by atoms with E-state index in [9.17, 15) is 14.4 Å². The molecule has 1 saturated carbocycles. The molecule has 0 aromatic heterocycles. The number of nitrogens with zero attached hydrogens (tertiary/aromatic N) is 1. The lowest BCUT2D eigenvalue weighted by Crippen LogP contribution is -2.62. The smallest absolute Gasteiger partial charge is 0.428 e. The van der Waals surface area contributed by atoms with E-state index in [1.807, 2.05) is 5.48 Å². The zero-order valence-corrected chi connectivity index (χ0v) is 17.3. The molecule has 0 bridgehead atoms. The van der Waals surface area contributed by atoms with Crippen LogP contribution in [0.5, 0.6) is 0 Å². The van der Waals surface area contributed by atoms with Crippen LogP contribution in [0.1, 0.15) is 49.7 Å². The molecule has 3 rings (SSSR count). The first-order valence-corrected chi connectivity index (χ1v) is 10.5. The summed E-state index contributed by atoms with van der Waals surface area (Å²) in [6.07, 6.45) is 2.87. The van der Waals surface area contributed by atoms with Crippen molar-refractivity contribution in [2.45, 2.75) is 57.2 Å². The minimum absolute atomic E-state index is 0.0219. The average molecular weight is 431 g/mol. The van der Waals surface area contributed by atoms with Crippen molar-refractivity contribution < 1.29 is 24.3 Å². The normalized spacial score (nSPS) is 19.7. The molecule has 1 saturated heterocycles. The first-order valence-electron chi connectivity index (χ1n) is 10.5. The van der Waals surface area contributed by atoms with Gasteiger partial charge < -0.3 is 21.1 Å². The quantitative estimate of drug-likeness (QED) is 0.237. The van der Waals surface area contributed by atoms with Crippen LogP contribution in [0.3, 0.4) is 0 Å². The summed E-state index contributed by atoms with van der Waals surface area (Å²) >= 11 is 0. The van der Waals surface area contributed by atoms with Gasteiger partial charge in [-0.25, -0.2) is 4.79 Å². The van der Waals surface area contributed by atoms with Gasteiger partial charge >= 0.3 is 6.09 Å². The number of amides is 3. The number of carboxylic acid groups (broad SMARTS) is 1. The second-order valence-electron chi connectivity index (χ2n) is 8.01. The molecule has 3 amide bonds. The molecule has 10 nitrogen and oxygen atoms in total. The highest BCUT2D eigenvalue weighted by atomic mass is 16.7. The summed E-state index contributed by atoms with van der Waals surface area (Å²) in [5.41, 5.74) is 8.77. The Hall–Kier alpha value is -3.14. The van der Waals surface area contributed by atoms with E-state index in [4.69, 9.17) is 21.1 Å². The van der Waals surface area contributed by atoms with E-state index in [1.54, 1.807) is 24.3 Å². The maximum Gasteiger partial charge on any atom is 0.428 e. The van der Waals surface area contributed by atoms with Gasteiger partial charge in [0.15, 0.2) is 6.10 Å². The van der Waals surface area contributed by atoms with Gasteiger partial charge in [0.25, 0.3) is 5.91 Å². The van der Waals surface area contributed by atoms with Crippen molar-refractivity contribution in [2.24, 2.45) is 11.7 Å². The standard InChI is InChI=1S/C21H29N5O5/c22-18(23)15-8-6-13(7-9-15)12-24-19(27)16-10-11-26(16)20(28)17(31-25-21(29)30)14-4-2-1-3-5-14/h6-9,14,16-17,25H,1-5,10-12H2,(H3,22,23)(H,24,27)(H,29,30). The summed E-state index contributed by atoms with van der Waals surface area (Å²) in [5, 5.41) is 19.1. The van der Waals surface area contributed by atoms with Gasteiger partial charge in [0.05, 0.1) is 0 Å². The molecule has 1 aliphatic carbocycles. The van der Waals surface area contributed by atoms with E-state index in [-0.39, 0.29) is 23.6 Å². The summed E-state index contributed by atoms with van der Waals surface area (Å²) < 4.78 is 0. The Bertz CT molecular complexity index is 822. The Morgan fingerprint density at radius 1 is 1.16 bits per heavy atom. The third kappa shape index (κ3) is 5.72. The summed E-state index contributed by atoms with van der Waals surface area (Å²) in [6, 6.07) is 6.40. The predicted molar refractivity (Wildman–Crippen MR) is 112 cm³/mol. The minimum atomic E-state index is -1.36. The molecule has 10 heteroatoms. The number of carbonyl (C=O) groups is 3. The van der Waals surface area contributed by atoms with Gasteiger partial charge in [-0.15, -0.1) is 0 Å². The topological polar surface area (TPSA) is 158 Å². The van der Waals surface area contributed by atoms with Gasteiger partial charge in [0.2, 0.25) is 5.91 Å². The van der Waals surface area contributed by atoms with Crippen LogP contribution in [0, 0.1) is 11.3 Å². The van der Waals surface area contributed by atoms with Gasteiger partial charge in [-0.3, -0.25) is 19.8 Å². The van der Waals surface area contributed by atoms with Gasteiger partial charge in [-0.2, -0.15) is 5.48 Å². The molecule has 6 N–H and O–H groups in total. The predicted octanol–water partition coefficient (Wildman–Crippen LogP) is 1.34. The van der Waals surface area contributed by atoms with Gasteiger partial charge in [-0.1, -0.05) is 43.5 Å². The Labute approximate surface area is 180 Å². The van der Waals surface area contributed by atoms with E-state index in [2.05, 4.69) is 5.32 Å². The van der Waals surface area contributed by atoms with Gasteiger partial charge in [-0.05, 0) is 30.7 Å². The number of nitrogen functional groups attached to an aromatic ring is 1. The second kappa shape index (κ2) is 10.3. The molecule has 2 unspecified atom stereocenters. The Morgan fingerprint density at radius 2 is 1.84 bits per heavy atom. The van der Waals surface area contributed by atoms with Crippen LogP contribution in [0.4, 0.5) is 4.79 Å². The summed E-state index contributed by atoms with van der Waals surface area (Å²) in [7, 11) is 0. The van der Waals surface area contributed by atoms with Gasteiger partial charge in [0.1, 0.15) is 11.9 Å². The number of likely N-dealkylation sites (tertiary alicyclic amines) is 1. The van der Waals surface area contributed by atoms with E-state index in [0.717, 1.165) is 37.7 Å². The highest BCUT2D eigenvalue weighted by Gasteiger charge is 2.43. The van der Waals surface area contributed by atoms with Crippen molar-refractivity contribution in [1.82, 2.24) is 15.7 Å². The van der Waals surface area contributed by atoms with Crippen molar-refractivity contribution in [2.75, 3.05) is 6.54 Å². The van der Waals surface area contributed by atoms with Crippen molar-refractivity contribution in [3.8, 4) is 0 Å². The molecule has 0 radical (unpaired) electrons. The second-order valence-corrected chi connectivity index (χ2v) is 8.01. The van der Waals surface area contributed by atoms with Crippen LogP contribution in [-0.4, -0.2) is 52.4 Å². The highest BCUT2D eigenvalue weighted by molar-refractivity contribution is 5.95. The van der Waals surface area contributed by atoms with Crippen LogP contribution in [0.15, 0.2) is 24.3 Å². The number of hydrogen-bond acceptors (Lipinski definition) is 5. The monoisotopic (exact) mass is 431 g/mol. The Kier molecular flexibility index (Phi) is 7.45. The lowest BCUT2D eigenvalue weighted by atomic mass is 9.84. The maximum absolute atomic E-state index is 13.1. The number of carbonyl (C=O) groups excluding carboxylic acids is 2. The lowest BCUT2D eigenvalue weighted by Gasteiger charge is -2.42. The van der Waals surface area contributed by atoms with Crippen LogP contribution in [-0.2, 0) is 21.0 Å². The number of nitrogens with one attached hydrogen (secondary N) is 3. The molecule has 2 atom stereocenters. The molecular weight excluding hydrogens is 402 g/mol. The number of nitrogens with two attached hydrogens (primary N) is 1. The first-order chi connectivity index (χ1) is 14.9. The summed E-state index contributed by atoms with van der Waals surface area (Å²) in [5.74, 6) is -0.703. The Morgan fingerprint density at radius 3 is 2.39 bits per heavy atom. The van der Waals surface area contributed by atoms with Crippen molar-refractivity contribution in [1.29, 1.82) is 5.41 Å². The molecule has 1 heterocycles. The highest BCUT2D eigenvalue weighted by Crippen LogP contribution is 2.30. The van der Waals surface area contributed by atoms with Gasteiger partial charge in [0, 0.05) is 18.7 Å². The first kappa shape index (κ1) is 22.5. The molecule has 1 aliphatic heterocycles. The third-order valence-electron chi connectivity index (χ3n) is 5.93. The molecule has 2 fully saturated rings. The van der Waals surface area contributed by atoms with Crippen molar-refractivity contribution in [3.05, 3.63) is 35.4 Å². The van der Waals surface area contributed by atoms with Crippen LogP contribution in [0.2, 0.25) is 0 Å². The lowest BCUT2D eigenvalue weighted by molar-refractivity contribution is -0.165. The fraction of sp³-hybridized carbons (Fsp3) is 0.524. The van der Waals surface area contributed by atoms with E-state index in [1.165, 1.54) is 4.90 Å². The van der Waals surface area contributed by atoms with E-state index >= 15 is 0 Å². The number of hydroxylamine groups is 1. The largest absolute Gasteiger partial charge is 0.464 e. The fourth-order valence-electron chi connectivity index (χ4n) is 4.10. The molecule has 168 valence electrons. The maximum atomic E-state index is 13.1. The zero-order valence-electron chi connectivity index (χ0n) is 17.3. The van der Waals surface area contributed by atoms with Crippen molar-refractivity contribution >= 4 is 23.7 Å². The minimum Gasteiger partial charge on any atom is -0.464 e. The van der Waals surface area contributed by atoms with E-state index < -0.39 is 18.2 Å². The van der Waals surface area contributed by atoms with Crippen LogP contribution < -0.4 is 16.5 Å². The molecular formula is C21H29N5O5. The van der Waals surface area contributed by atoms with E-state index in [0.29, 0.717) is 25.1 Å². The number of rotatable bonds is 8. The number of benzene rings is 1. The van der Waals surface area contributed by atoms with Crippen LogP contribution >= 0.6 is 0 Å². The number of hydrogen-bond donors (Lipinski definition) is 5. The summed E-state index contributed by atoms with van der Waals surface area (Å²) in [4.78, 5) is 43.3. The SMILES string of the molecule is N=C(N)c1ccc(CNC(=O)C2CCN2C(=O)C(ONC(=O)O)C2CCCCC2)cc1. The van der Waals surface area contributed by atoms with Crippen molar-refractivity contribution in [3.63, 3.8) is 0 Å². The average Bonchev–Trinajstić information content (AvgIpc) is 2.72. The molecule has 31 heavy (non-hydrogen) atoms. The number of amidine groups is 1. The molecule has 1 aromatic rings. The fourth-order valence-corrected chi connectivity index (χ4v) is 4.10. The Balaban J connectivity index is 1.58. The zero-order chi connectivity index (χ0) is 22.4. The van der Waals surface area contributed by atoms with Crippen LogP contribution in [0.25, 0.3) is 0 Å². The molecule has 2 aliphatic rings. The molecule has 0 spiro atoms. The molecule has 1 aromatic carbocycles. The third-order valence-corrected chi connectivity index (χ3v) is 5.93. The summed E-state index contributed by atoms with van der Waals surface area (Å²) in [6.45, 7) is 0.725.